The summed E-state index contributed by atoms with van der Waals surface area (Å²) < 4.78 is 78.7. The SMILES string of the molecule is CC/C=C/C(=O)N1CC[C@H](n2nnc3c(N4CC(C)(N(C)C)C4)nc4c(F)c(-c5ccc(F)c6cccnc56)c(C(F)(F)F)cc4c32)C[C@H]1CC#N. The molecule has 2 aliphatic heterocycles. The molecule has 0 N–H and O–H groups in total. The number of allylic oxidation sites excluding steroid dienone is 1. The van der Waals surface area contributed by atoms with Gasteiger partial charge in [0.2, 0.25) is 5.91 Å². The zero-order chi connectivity index (χ0) is 37.1. The highest BCUT2D eigenvalue weighted by Gasteiger charge is 2.44. The minimum absolute atomic E-state index is 0.0369. The number of fused-ring (bicyclic) bond motifs is 4. The fourth-order valence-electron chi connectivity index (χ4n) is 7.45. The second-order valence-corrected chi connectivity index (χ2v) is 14.0. The first-order chi connectivity index (χ1) is 24.8. The van der Waals surface area contributed by atoms with Gasteiger partial charge in [0.1, 0.15) is 16.9 Å². The predicted octanol–water partition coefficient (Wildman–Crippen LogP) is 7.04. The second-order valence-electron chi connectivity index (χ2n) is 14.0. The van der Waals surface area contributed by atoms with Crippen molar-refractivity contribution < 1.29 is 26.7 Å². The van der Waals surface area contributed by atoms with Crippen molar-refractivity contribution in [2.24, 2.45) is 0 Å². The highest BCUT2D eigenvalue weighted by atomic mass is 19.4. The van der Waals surface area contributed by atoms with Crippen LogP contribution in [0.3, 0.4) is 0 Å². The number of nitrogens with zero attached hydrogens (tertiary/aromatic N) is 9. The van der Waals surface area contributed by atoms with E-state index in [2.05, 4.69) is 38.2 Å². The lowest BCUT2D eigenvalue weighted by Gasteiger charge is -2.52. The summed E-state index contributed by atoms with van der Waals surface area (Å²) in [4.78, 5) is 27.4. The van der Waals surface area contributed by atoms with Crippen LogP contribution in [0, 0.1) is 23.0 Å². The van der Waals surface area contributed by atoms with E-state index in [1.54, 1.807) is 11.0 Å². The lowest BCUT2D eigenvalue weighted by atomic mass is 9.90. The lowest BCUT2D eigenvalue weighted by molar-refractivity contribution is -0.137. The molecule has 7 rings (SSSR count). The molecule has 2 saturated heterocycles. The third-order valence-corrected chi connectivity index (χ3v) is 10.5. The van der Waals surface area contributed by atoms with Crippen molar-refractivity contribution in [2.75, 3.05) is 38.6 Å². The number of halogens is 5. The maximum Gasteiger partial charge on any atom is 0.417 e. The number of nitriles is 1. The number of hydrogen-bond donors (Lipinski definition) is 0. The van der Waals surface area contributed by atoms with Gasteiger partial charge in [-0.2, -0.15) is 18.4 Å². The zero-order valence-corrected chi connectivity index (χ0v) is 29.0. The number of carbonyl (C=O) groups is 1. The van der Waals surface area contributed by atoms with E-state index in [0.29, 0.717) is 25.9 Å². The minimum Gasteiger partial charge on any atom is -0.351 e. The highest BCUT2D eigenvalue weighted by Crippen LogP contribution is 2.46. The fourth-order valence-corrected chi connectivity index (χ4v) is 7.45. The summed E-state index contributed by atoms with van der Waals surface area (Å²) in [5.74, 6) is -1.90. The Hall–Kier alpha value is -5.23. The van der Waals surface area contributed by atoms with Gasteiger partial charge in [0, 0.05) is 53.8 Å². The second kappa shape index (κ2) is 13.1. The number of amides is 1. The summed E-state index contributed by atoms with van der Waals surface area (Å²) >= 11 is 0. The number of pyridine rings is 2. The third kappa shape index (κ3) is 5.78. The molecule has 2 aliphatic rings. The third-order valence-electron chi connectivity index (χ3n) is 10.5. The first-order valence-corrected chi connectivity index (χ1v) is 17.1. The van der Waals surface area contributed by atoms with Crippen LogP contribution in [0.2, 0.25) is 0 Å². The van der Waals surface area contributed by atoms with Crippen LogP contribution >= 0.6 is 0 Å². The Labute approximate surface area is 296 Å². The topological polar surface area (TPSA) is 107 Å². The van der Waals surface area contributed by atoms with Crippen molar-refractivity contribution in [3.8, 4) is 17.2 Å². The number of hydrogen-bond acceptors (Lipinski definition) is 8. The Morgan fingerprint density at radius 3 is 2.60 bits per heavy atom. The summed E-state index contributed by atoms with van der Waals surface area (Å²) in [5, 5.41) is 18.3. The number of rotatable bonds is 7. The van der Waals surface area contributed by atoms with Gasteiger partial charge in [-0.15, -0.1) is 5.10 Å². The molecule has 0 radical (unpaired) electrons. The number of alkyl halides is 3. The van der Waals surface area contributed by atoms with Crippen LogP contribution in [0.5, 0.6) is 0 Å². The smallest absolute Gasteiger partial charge is 0.351 e. The Bertz CT molecular complexity index is 2290. The Morgan fingerprint density at radius 1 is 1.13 bits per heavy atom. The van der Waals surface area contributed by atoms with Gasteiger partial charge in [-0.3, -0.25) is 9.78 Å². The number of piperidine rings is 1. The molecule has 2 fully saturated rings. The Morgan fingerprint density at radius 2 is 1.90 bits per heavy atom. The van der Waals surface area contributed by atoms with E-state index in [1.807, 2.05) is 25.9 Å². The van der Waals surface area contributed by atoms with Crippen LogP contribution in [0.15, 0.2) is 48.7 Å². The molecule has 0 saturated carbocycles. The molecular weight excluding hydrogens is 681 g/mol. The maximum absolute atomic E-state index is 17.2. The van der Waals surface area contributed by atoms with Crippen LogP contribution in [0.1, 0.15) is 51.1 Å². The monoisotopic (exact) mass is 717 g/mol. The standard InChI is InChI=1S/C37H36F5N9O/c1-5-6-9-28(52)50-16-13-22(17-21(50)12-14-43)51-34-25-18-26(37(40,41)42)29(24-10-11-27(38)23-8-7-15-44-31(23)24)30(39)32(25)45-35(33(34)46-47-51)49-19-36(2,20-49)48(3)4/h6-11,15,18,21-22H,5,12-13,16-17,19-20H2,1-4H3/b9-6+/t21-,22+/m1/s1. The molecule has 270 valence electrons. The average Bonchev–Trinajstić information content (AvgIpc) is 3.55. The number of anilines is 1. The van der Waals surface area contributed by atoms with Gasteiger partial charge in [0.05, 0.1) is 35.2 Å². The van der Waals surface area contributed by atoms with Crippen LogP contribution in [-0.2, 0) is 11.0 Å². The van der Waals surface area contributed by atoms with Crippen molar-refractivity contribution in [3.05, 3.63) is 65.9 Å². The van der Waals surface area contributed by atoms with Crippen molar-refractivity contribution >= 4 is 44.6 Å². The van der Waals surface area contributed by atoms with E-state index in [0.717, 1.165) is 18.2 Å². The molecule has 2 aromatic carbocycles. The summed E-state index contributed by atoms with van der Waals surface area (Å²) in [5.41, 5.74) is -2.62. The van der Waals surface area contributed by atoms with Crippen LogP contribution in [0.25, 0.3) is 44.0 Å². The molecule has 0 aliphatic carbocycles. The molecular formula is C37H36F5N9O. The molecule has 5 aromatic rings. The van der Waals surface area contributed by atoms with E-state index in [4.69, 9.17) is 0 Å². The van der Waals surface area contributed by atoms with Gasteiger partial charge in [-0.05, 0) is 76.7 Å². The molecule has 0 bridgehead atoms. The number of likely N-dealkylation sites (tertiary alicyclic amines) is 1. The normalized spacial score (nSPS) is 19.2. The minimum atomic E-state index is -5.04. The lowest BCUT2D eigenvalue weighted by Crippen LogP contribution is -2.67. The zero-order valence-electron chi connectivity index (χ0n) is 29.0. The van der Waals surface area contributed by atoms with E-state index < -0.39 is 41.0 Å². The summed E-state index contributed by atoms with van der Waals surface area (Å²) in [6.07, 6.45) is 0.842. The van der Waals surface area contributed by atoms with Gasteiger partial charge >= 0.3 is 6.18 Å². The van der Waals surface area contributed by atoms with Crippen LogP contribution in [-0.4, -0.2) is 86.0 Å². The van der Waals surface area contributed by atoms with Gasteiger partial charge in [0.25, 0.3) is 0 Å². The van der Waals surface area contributed by atoms with E-state index in [9.17, 15) is 14.4 Å². The number of benzene rings is 2. The van der Waals surface area contributed by atoms with Crippen LogP contribution < -0.4 is 4.90 Å². The fraction of sp³-hybridized carbons (Fsp3) is 0.405. The van der Waals surface area contributed by atoms with Gasteiger partial charge in [-0.1, -0.05) is 18.2 Å². The summed E-state index contributed by atoms with van der Waals surface area (Å²) in [6, 6.07) is 6.98. The average molecular weight is 718 g/mol. The summed E-state index contributed by atoms with van der Waals surface area (Å²) in [6.45, 7) is 5.20. The maximum atomic E-state index is 17.2. The molecule has 2 atom stereocenters. The summed E-state index contributed by atoms with van der Waals surface area (Å²) in [7, 11) is 3.88. The number of likely N-dealkylation sites (N-methyl/N-ethyl adjacent to an activating group) is 1. The van der Waals surface area contributed by atoms with Gasteiger partial charge < -0.3 is 14.7 Å². The van der Waals surface area contributed by atoms with Crippen molar-refractivity contribution in [3.63, 3.8) is 0 Å². The molecule has 15 heteroatoms. The van der Waals surface area contributed by atoms with Crippen molar-refractivity contribution in [1.82, 2.24) is 34.8 Å². The Kier molecular flexibility index (Phi) is 8.85. The van der Waals surface area contributed by atoms with E-state index in [-0.39, 0.29) is 75.1 Å². The van der Waals surface area contributed by atoms with Gasteiger partial charge in [-0.25, -0.2) is 18.4 Å². The molecule has 10 nitrogen and oxygen atoms in total. The molecule has 0 unspecified atom stereocenters. The van der Waals surface area contributed by atoms with E-state index in [1.165, 1.54) is 29.1 Å². The predicted molar refractivity (Wildman–Crippen MR) is 186 cm³/mol. The van der Waals surface area contributed by atoms with Gasteiger partial charge in [0.15, 0.2) is 17.2 Å². The Balaban J connectivity index is 1.47. The van der Waals surface area contributed by atoms with Crippen molar-refractivity contribution in [1.29, 1.82) is 5.26 Å². The highest BCUT2D eigenvalue weighted by molar-refractivity contribution is 6.09. The first-order valence-electron chi connectivity index (χ1n) is 17.1. The van der Waals surface area contributed by atoms with Crippen molar-refractivity contribution in [2.45, 2.75) is 63.3 Å². The number of aromatic nitrogens is 5. The largest absolute Gasteiger partial charge is 0.417 e. The molecule has 3 aromatic heterocycles. The molecule has 0 spiro atoms. The molecule has 5 heterocycles. The van der Waals surface area contributed by atoms with Crippen LogP contribution in [0.4, 0.5) is 27.8 Å². The quantitative estimate of drug-likeness (QED) is 0.130. The molecule has 52 heavy (non-hydrogen) atoms. The van der Waals surface area contributed by atoms with E-state index >= 15 is 17.6 Å². The number of carbonyl (C=O) groups excluding carboxylic acids is 1. The first kappa shape index (κ1) is 35.2. The molecule has 1 amide bonds.